The number of benzene rings is 2. The van der Waals surface area contributed by atoms with Gasteiger partial charge in [0.2, 0.25) is 5.91 Å². The minimum Gasteiger partial charge on any atom is -0.381 e. The van der Waals surface area contributed by atoms with Crippen molar-refractivity contribution in [1.29, 1.82) is 0 Å². The van der Waals surface area contributed by atoms with Crippen LogP contribution in [0.15, 0.2) is 46.9 Å². The van der Waals surface area contributed by atoms with E-state index in [4.69, 9.17) is 5.73 Å². The van der Waals surface area contributed by atoms with Crippen LogP contribution in [0, 0.1) is 10.1 Å². The molecule has 0 spiro atoms. The fourth-order valence-corrected chi connectivity index (χ4v) is 2.37. The van der Waals surface area contributed by atoms with Gasteiger partial charge in [0.15, 0.2) is 0 Å². The largest absolute Gasteiger partial charge is 0.381 e. The second kappa shape index (κ2) is 6.36. The number of anilines is 1. The molecule has 3 N–H and O–H groups in total. The summed E-state index contributed by atoms with van der Waals surface area (Å²) in [5, 5.41) is 14.0. The monoisotopic (exact) mass is 349 g/mol. The van der Waals surface area contributed by atoms with Gasteiger partial charge in [-0.25, -0.2) is 0 Å². The van der Waals surface area contributed by atoms with Gasteiger partial charge in [-0.2, -0.15) is 0 Å². The third-order valence-corrected chi connectivity index (χ3v) is 3.80. The average Bonchev–Trinajstić information content (AvgIpc) is 2.46. The van der Waals surface area contributed by atoms with Crippen LogP contribution in [0.25, 0.3) is 0 Å². The number of nitrogens with zero attached hydrogens (tertiary/aromatic N) is 1. The van der Waals surface area contributed by atoms with Crippen LogP contribution >= 0.6 is 15.9 Å². The number of halogens is 1. The molecule has 0 saturated carbocycles. The lowest BCUT2D eigenvalue weighted by Crippen LogP contribution is -2.11. The quantitative estimate of drug-likeness (QED) is 0.640. The van der Waals surface area contributed by atoms with Crippen molar-refractivity contribution in [3.8, 4) is 0 Å². The number of nitrogens with one attached hydrogen (secondary N) is 1. The third kappa shape index (κ3) is 3.57. The number of hydrogen-bond donors (Lipinski definition) is 2. The Morgan fingerprint density at radius 1 is 1.29 bits per heavy atom. The molecule has 0 aliphatic rings. The van der Waals surface area contributed by atoms with Crippen LogP contribution in [0.3, 0.4) is 0 Å². The number of carbonyl (C=O) groups excluding carboxylic acids is 1. The minimum atomic E-state index is -0.504. The first-order valence-electron chi connectivity index (χ1n) is 6.04. The maximum atomic E-state index is 11.1. The zero-order valence-electron chi connectivity index (χ0n) is 10.9. The Morgan fingerprint density at radius 3 is 2.67 bits per heavy atom. The van der Waals surface area contributed by atoms with E-state index < -0.39 is 10.8 Å². The molecule has 0 radical (unpaired) electrons. The van der Waals surface area contributed by atoms with Gasteiger partial charge in [0, 0.05) is 23.9 Å². The molecule has 0 aliphatic heterocycles. The third-order valence-electron chi connectivity index (χ3n) is 2.89. The SMILES string of the molecule is NC(=O)c1cccc(NCc2cccc([N+](=O)[O-])c2Br)c1. The molecule has 2 aromatic rings. The van der Waals surface area contributed by atoms with E-state index in [-0.39, 0.29) is 5.69 Å². The summed E-state index contributed by atoms with van der Waals surface area (Å²) >= 11 is 3.24. The van der Waals surface area contributed by atoms with Crippen molar-refractivity contribution in [2.45, 2.75) is 6.54 Å². The minimum absolute atomic E-state index is 0.0141. The highest BCUT2D eigenvalue weighted by Crippen LogP contribution is 2.28. The molecular formula is C14H12BrN3O3. The number of amides is 1. The first-order valence-corrected chi connectivity index (χ1v) is 6.84. The van der Waals surface area contributed by atoms with E-state index in [0.29, 0.717) is 22.3 Å². The van der Waals surface area contributed by atoms with Gasteiger partial charge in [0.05, 0.1) is 4.92 Å². The summed E-state index contributed by atoms with van der Waals surface area (Å²) in [6.07, 6.45) is 0. The van der Waals surface area contributed by atoms with E-state index in [2.05, 4.69) is 21.2 Å². The van der Waals surface area contributed by atoms with E-state index in [1.165, 1.54) is 6.07 Å². The van der Waals surface area contributed by atoms with Crippen molar-refractivity contribution in [1.82, 2.24) is 0 Å². The molecule has 7 heteroatoms. The van der Waals surface area contributed by atoms with Crippen molar-refractivity contribution < 1.29 is 9.72 Å². The highest BCUT2D eigenvalue weighted by molar-refractivity contribution is 9.10. The molecule has 0 aromatic heterocycles. The molecule has 0 heterocycles. The number of hydrogen-bond acceptors (Lipinski definition) is 4. The first kappa shape index (κ1) is 15.0. The molecule has 2 rings (SSSR count). The highest BCUT2D eigenvalue weighted by Gasteiger charge is 2.14. The predicted octanol–water partition coefficient (Wildman–Crippen LogP) is 3.07. The second-order valence-electron chi connectivity index (χ2n) is 4.31. The molecule has 0 aliphatic carbocycles. The smallest absolute Gasteiger partial charge is 0.283 e. The topological polar surface area (TPSA) is 98.3 Å². The summed E-state index contributed by atoms with van der Waals surface area (Å²) in [6.45, 7) is 0.379. The van der Waals surface area contributed by atoms with Crippen molar-refractivity contribution >= 4 is 33.2 Å². The molecule has 108 valence electrons. The zero-order chi connectivity index (χ0) is 15.4. The summed E-state index contributed by atoms with van der Waals surface area (Å²) < 4.78 is 0.438. The molecule has 0 atom stereocenters. The molecule has 0 saturated heterocycles. The van der Waals surface area contributed by atoms with E-state index >= 15 is 0 Å². The molecule has 6 nitrogen and oxygen atoms in total. The van der Waals surface area contributed by atoms with Crippen LogP contribution in [-0.2, 0) is 6.54 Å². The van der Waals surface area contributed by atoms with Gasteiger partial charge in [-0.05, 0) is 39.7 Å². The predicted molar refractivity (Wildman–Crippen MR) is 83.1 cm³/mol. The Hall–Kier alpha value is -2.41. The van der Waals surface area contributed by atoms with Gasteiger partial charge >= 0.3 is 0 Å². The Labute approximate surface area is 129 Å². The van der Waals surface area contributed by atoms with Gasteiger partial charge in [0.1, 0.15) is 4.47 Å². The molecule has 2 aromatic carbocycles. The van der Waals surface area contributed by atoms with Crippen LogP contribution in [0.4, 0.5) is 11.4 Å². The van der Waals surface area contributed by atoms with E-state index in [1.807, 2.05) is 0 Å². The van der Waals surface area contributed by atoms with E-state index in [1.54, 1.807) is 36.4 Å². The Balaban J connectivity index is 2.17. The zero-order valence-corrected chi connectivity index (χ0v) is 12.5. The average molecular weight is 350 g/mol. The summed E-state index contributed by atoms with van der Waals surface area (Å²) in [7, 11) is 0. The molecule has 1 amide bonds. The fourth-order valence-electron chi connectivity index (χ4n) is 1.82. The summed E-state index contributed by atoms with van der Waals surface area (Å²) in [4.78, 5) is 21.5. The molecule has 21 heavy (non-hydrogen) atoms. The Bertz CT molecular complexity index is 704. The summed E-state index contributed by atoms with van der Waals surface area (Å²) in [5.74, 6) is -0.504. The van der Waals surface area contributed by atoms with Gasteiger partial charge in [-0.1, -0.05) is 18.2 Å². The van der Waals surface area contributed by atoms with E-state index in [9.17, 15) is 14.9 Å². The number of rotatable bonds is 5. The lowest BCUT2D eigenvalue weighted by Gasteiger charge is -2.09. The van der Waals surface area contributed by atoms with Crippen molar-refractivity contribution in [3.63, 3.8) is 0 Å². The molecule has 0 fully saturated rings. The standard InChI is InChI=1S/C14H12BrN3O3/c15-13-10(4-2-6-12(13)18(20)21)8-17-11-5-1-3-9(7-11)14(16)19/h1-7,17H,8H2,(H2,16,19). The maximum Gasteiger partial charge on any atom is 0.283 e. The highest BCUT2D eigenvalue weighted by atomic mass is 79.9. The van der Waals surface area contributed by atoms with Crippen LogP contribution in [0.5, 0.6) is 0 Å². The van der Waals surface area contributed by atoms with Gasteiger partial charge in [0.25, 0.3) is 5.69 Å². The van der Waals surface area contributed by atoms with Crippen molar-refractivity contribution in [2.75, 3.05) is 5.32 Å². The normalized spacial score (nSPS) is 10.1. The lowest BCUT2D eigenvalue weighted by molar-refractivity contribution is -0.385. The number of nitro benzene ring substituents is 1. The molecular weight excluding hydrogens is 338 g/mol. The van der Waals surface area contributed by atoms with Crippen LogP contribution in [-0.4, -0.2) is 10.8 Å². The first-order chi connectivity index (χ1) is 9.99. The lowest BCUT2D eigenvalue weighted by atomic mass is 10.1. The number of nitrogens with two attached hydrogens (primary N) is 1. The number of nitro groups is 1. The fraction of sp³-hybridized carbons (Fsp3) is 0.0714. The van der Waals surface area contributed by atoms with Crippen LogP contribution in [0.1, 0.15) is 15.9 Å². The van der Waals surface area contributed by atoms with Crippen molar-refractivity contribution in [3.05, 3.63) is 68.2 Å². The summed E-state index contributed by atoms with van der Waals surface area (Å²) in [6, 6.07) is 11.6. The van der Waals surface area contributed by atoms with Gasteiger partial charge in [-0.3, -0.25) is 14.9 Å². The molecule has 0 bridgehead atoms. The second-order valence-corrected chi connectivity index (χ2v) is 5.10. The summed E-state index contributed by atoms with van der Waals surface area (Å²) in [5.41, 5.74) is 7.09. The molecule has 0 unspecified atom stereocenters. The number of carbonyl (C=O) groups is 1. The number of primary amides is 1. The van der Waals surface area contributed by atoms with Crippen LogP contribution < -0.4 is 11.1 Å². The van der Waals surface area contributed by atoms with Crippen molar-refractivity contribution in [2.24, 2.45) is 5.73 Å². The van der Waals surface area contributed by atoms with Gasteiger partial charge < -0.3 is 11.1 Å². The van der Waals surface area contributed by atoms with Crippen LogP contribution in [0.2, 0.25) is 0 Å². The Kier molecular flexibility index (Phi) is 4.54. The van der Waals surface area contributed by atoms with Gasteiger partial charge in [-0.15, -0.1) is 0 Å². The van der Waals surface area contributed by atoms with E-state index in [0.717, 1.165) is 5.56 Å². The maximum absolute atomic E-state index is 11.1. The Morgan fingerprint density at radius 2 is 2.00 bits per heavy atom.